The Labute approximate surface area is 125 Å². The first-order chi connectivity index (χ1) is 10.6. The van der Waals surface area contributed by atoms with Crippen LogP contribution < -0.4 is 4.74 Å². The van der Waals surface area contributed by atoms with E-state index in [9.17, 15) is 8.78 Å². The summed E-state index contributed by atoms with van der Waals surface area (Å²) < 4.78 is 38.5. The molecule has 3 rings (SSSR count). The molecule has 3 aromatic rings. The van der Waals surface area contributed by atoms with Crippen LogP contribution in [0.1, 0.15) is 11.5 Å². The molecule has 0 aliphatic rings. The van der Waals surface area contributed by atoms with Crippen LogP contribution in [-0.4, -0.2) is 12.1 Å². The van der Waals surface area contributed by atoms with Gasteiger partial charge < -0.3 is 9.15 Å². The number of para-hydroxylation sites is 2. The van der Waals surface area contributed by atoms with E-state index in [0.717, 1.165) is 6.08 Å². The van der Waals surface area contributed by atoms with Crippen LogP contribution >= 0.6 is 0 Å². The van der Waals surface area contributed by atoms with Gasteiger partial charge in [-0.25, -0.2) is 4.98 Å². The molecule has 0 unspecified atom stereocenters. The first kappa shape index (κ1) is 14.3. The quantitative estimate of drug-likeness (QED) is 0.704. The largest absolute Gasteiger partial charge is 0.497 e. The Hall–Kier alpha value is -2.69. The van der Waals surface area contributed by atoms with Crippen LogP contribution in [0.2, 0.25) is 0 Å². The van der Waals surface area contributed by atoms with Crippen LogP contribution in [0.3, 0.4) is 0 Å². The van der Waals surface area contributed by atoms with Crippen LogP contribution in [0.5, 0.6) is 5.75 Å². The van der Waals surface area contributed by atoms with E-state index in [1.807, 2.05) is 0 Å². The molecule has 0 N–H and O–H groups in total. The van der Waals surface area contributed by atoms with Crippen LogP contribution in [0.4, 0.5) is 8.78 Å². The van der Waals surface area contributed by atoms with Crippen molar-refractivity contribution in [2.24, 2.45) is 0 Å². The van der Waals surface area contributed by atoms with E-state index in [2.05, 4.69) is 4.98 Å². The predicted molar refractivity (Wildman–Crippen MR) is 79.9 cm³/mol. The number of hydrogen-bond donors (Lipinski definition) is 0. The number of hydrogen-bond acceptors (Lipinski definition) is 3. The maximum Gasteiger partial charge on any atom is 0.341 e. The Balaban J connectivity index is 1.86. The van der Waals surface area contributed by atoms with Gasteiger partial charge in [0.2, 0.25) is 0 Å². The zero-order valence-electron chi connectivity index (χ0n) is 11.8. The van der Waals surface area contributed by atoms with Crippen molar-refractivity contribution in [2.75, 3.05) is 7.11 Å². The first-order valence-electron chi connectivity index (χ1n) is 6.66. The summed E-state index contributed by atoms with van der Waals surface area (Å²) in [6.45, 7) is 0. The molecule has 0 fully saturated rings. The monoisotopic (exact) mass is 301 g/mol. The second kappa shape index (κ2) is 5.60. The number of allylic oxidation sites excluding steroid dienone is 1. The molecule has 3 nitrogen and oxygen atoms in total. The number of nitrogens with zero attached hydrogens (tertiary/aromatic N) is 1. The lowest BCUT2D eigenvalue weighted by Crippen LogP contribution is -2.09. The summed E-state index contributed by atoms with van der Waals surface area (Å²) >= 11 is 0. The van der Waals surface area contributed by atoms with E-state index in [1.54, 1.807) is 55.6 Å². The van der Waals surface area contributed by atoms with Crippen LogP contribution in [-0.2, 0) is 5.92 Å². The van der Waals surface area contributed by atoms with Gasteiger partial charge in [0.05, 0.1) is 7.11 Å². The number of methoxy groups -OCH3 is 1. The van der Waals surface area contributed by atoms with Gasteiger partial charge in [-0.05, 0) is 35.9 Å². The number of benzene rings is 2. The van der Waals surface area contributed by atoms with Crippen LogP contribution in [0.25, 0.3) is 17.2 Å². The number of fused-ring (bicyclic) bond motifs is 1. The fourth-order valence-corrected chi connectivity index (χ4v) is 2.00. The SMILES string of the molecule is COc1ccc(/C=C/C(F)(F)c2nc3ccccc3o2)cc1. The fourth-order valence-electron chi connectivity index (χ4n) is 2.00. The van der Waals surface area contributed by atoms with Crippen LogP contribution in [0.15, 0.2) is 59.0 Å². The zero-order chi connectivity index (χ0) is 15.6. The molecule has 112 valence electrons. The molecule has 0 radical (unpaired) electrons. The van der Waals surface area contributed by atoms with Crippen molar-refractivity contribution >= 4 is 17.2 Å². The minimum atomic E-state index is -3.28. The summed E-state index contributed by atoms with van der Waals surface area (Å²) in [7, 11) is 1.55. The average Bonchev–Trinajstić information content (AvgIpc) is 2.98. The Morgan fingerprint density at radius 3 is 2.50 bits per heavy atom. The van der Waals surface area contributed by atoms with Gasteiger partial charge in [0.1, 0.15) is 11.3 Å². The highest BCUT2D eigenvalue weighted by Crippen LogP contribution is 2.32. The number of ether oxygens (including phenoxy) is 1. The van der Waals surface area contributed by atoms with Crippen molar-refractivity contribution in [1.82, 2.24) is 4.98 Å². The number of rotatable bonds is 4. The van der Waals surface area contributed by atoms with Crippen molar-refractivity contribution in [2.45, 2.75) is 5.92 Å². The highest BCUT2D eigenvalue weighted by atomic mass is 19.3. The van der Waals surface area contributed by atoms with Crippen molar-refractivity contribution in [3.8, 4) is 5.75 Å². The highest BCUT2D eigenvalue weighted by Gasteiger charge is 2.34. The van der Waals surface area contributed by atoms with E-state index in [-0.39, 0.29) is 0 Å². The average molecular weight is 301 g/mol. The molecule has 0 spiro atoms. The predicted octanol–water partition coefficient (Wildman–Crippen LogP) is 4.64. The van der Waals surface area contributed by atoms with E-state index in [1.165, 1.54) is 6.08 Å². The molecule has 0 aliphatic heterocycles. The molecule has 0 saturated heterocycles. The summed E-state index contributed by atoms with van der Waals surface area (Å²) in [5, 5.41) is 0. The molecule has 1 aromatic heterocycles. The first-order valence-corrected chi connectivity index (χ1v) is 6.66. The number of oxazole rings is 1. The normalized spacial score (nSPS) is 12.1. The third-order valence-electron chi connectivity index (χ3n) is 3.18. The maximum atomic E-state index is 14.2. The third kappa shape index (κ3) is 2.83. The molecule has 2 aromatic carbocycles. The summed E-state index contributed by atoms with van der Waals surface area (Å²) in [6.07, 6.45) is 2.10. The number of halogens is 2. The molecule has 0 amide bonds. The van der Waals surface area contributed by atoms with Crippen molar-refractivity contribution in [3.63, 3.8) is 0 Å². The zero-order valence-corrected chi connectivity index (χ0v) is 11.8. The topological polar surface area (TPSA) is 35.3 Å². The van der Waals surface area contributed by atoms with Gasteiger partial charge in [0, 0.05) is 0 Å². The van der Waals surface area contributed by atoms with Gasteiger partial charge in [0.25, 0.3) is 5.89 Å². The minimum Gasteiger partial charge on any atom is -0.497 e. The Morgan fingerprint density at radius 1 is 1.09 bits per heavy atom. The number of alkyl halides is 2. The Bertz CT molecular complexity index is 774. The summed E-state index contributed by atoms with van der Waals surface area (Å²) in [6, 6.07) is 13.5. The van der Waals surface area contributed by atoms with Gasteiger partial charge in [-0.1, -0.05) is 30.3 Å². The van der Waals surface area contributed by atoms with Gasteiger partial charge in [-0.15, -0.1) is 0 Å². The van der Waals surface area contributed by atoms with Gasteiger partial charge in [-0.2, -0.15) is 8.78 Å². The summed E-state index contributed by atoms with van der Waals surface area (Å²) in [5.41, 5.74) is 1.39. The van der Waals surface area contributed by atoms with E-state index in [0.29, 0.717) is 22.4 Å². The molecule has 22 heavy (non-hydrogen) atoms. The molecule has 0 saturated carbocycles. The van der Waals surface area contributed by atoms with Crippen molar-refractivity contribution < 1.29 is 17.9 Å². The van der Waals surface area contributed by atoms with Crippen LogP contribution in [0, 0.1) is 0 Å². The molecule has 1 heterocycles. The van der Waals surface area contributed by atoms with Gasteiger partial charge in [0.15, 0.2) is 5.58 Å². The van der Waals surface area contributed by atoms with Crippen molar-refractivity contribution in [3.05, 3.63) is 66.1 Å². The lowest BCUT2D eigenvalue weighted by atomic mass is 10.2. The third-order valence-corrected chi connectivity index (χ3v) is 3.18. The molecule has 0 bridgehead atoms. The molecule has 0 aliphatic carbocycles. The second-order valence-electron chi connectivity index (χ2n) is 4.72. The minimum absolute atomic E-state index is 0.343. The van der Waals surface area contributed by atoms with Gasteiger partial charge >= 0.3 is 5.92 Å². The Morgan fingerprint density at radius 2 is 1.82 bits per heavy atom. The Kier molecular flexibility index (Phi) is 3.63. The lowest BCUT2D eigenvalue weighted by molar-refractivity contribution is 0.0243. The highest BCUT2D eigenvalue weighted by molar-refractivity contribution is 5.72. The molecule has 0 atom stereocenters. The van der Waals surface area contributed by atoms with E-state index >= 15 is 0 Å². The van der Waals surface area contributed by atoms with Gasteiger partial charge in [-0.3, -0.25) is 0 Å². The standard InChI is InChI=1S/C17H13F2NO2/c1-21-13-8-6-12(7-9-13)10-11-17(18,19)16-20-14-4-2-3-5-15(14)22-16/h2-11H,1H3/b11-10+. The van der Waals surface area contributed by atoms with Crippen molar-refractivity contribution in [1.29, 1.82) is 0 Å². The number of aromatic nitrogens is 1. The van der Waals surface area contributed by atoms with E-state index < -0.39 is 11.8 Å². The lowest BCUT2D eigenvalue weighted by Gasteiger charge is -2.06. The molecular formula is C17H13F2NO2. The maximum absolute atomic E-state index is 14.2. The molecular weight excluding hydrogens is 288 g/mol. The molecule has 5 heteroatoms. The fraction of sp³-hybridized carbons (Fsp3) is 0.118. The second-order valence-corrected chi connectivity index (χ2v) is 4.72. The summed E-state index contributed by atoms with van der Waals surface area (Å²) in [5.74, 6) is -3.22. The summed E-state index contributed by atoms with van der Waals surface area (Å²) in [4.78, 5) is 3.84. The smallest absolute Gasteiger partial charge is 0.341 e. The van der Waals surface area contributed by atoms with E-state index in [4.69, 9.17) is 9.15 Å².